The molecule has 2 bridgehead atoms. The molecule has 3 aromatic rings. The van der Waals surface area contributed by atoms with Crippen molar-refractivity contribution < 1.29 is 19.5 Å². The number of aliphatic hydroxyl groups excluding tert-OH is 1. The third-order valence-electron chi connectivity index (χ3n) is 8.65. The summed E-state index contributed by atoms with van der Waals surface area (Å²) >= 11 is 7.98. The van der Waals surface area contributed by atoms with Crippen LogP contribution < -0.4 is 10.6 Å². The van der Waals surface area contributed by atoms with E-state index in [0.717, 1.165) is 17.5 Å². The standard InChI is InChI=1S/C32H32ClN3O4S/c33-23-13-7-8-14-24(23)35-30(39)28-32-16-15-25(41-32)26(29(38)34-18-21-11-5-2-6-12-21)27(32)31(40)36(28)22(19-37)17-20-9-3-1-4-10-20/h1-14,22,25-28,37H,15-19H2,(H,34,38)(H,35,39)/t22-,25-,26+,27+,28?,32?/m1/s1. The van der Waals surface area contributed by atoms with Crippen molar-refractivity contribution in [2.75, 3.05) is 11.9 Å². The smallest absolute Gasteiger partial charge is 0.248 e. The van der Waals surface area contributed by atoms with E-state index in [1.165, 1.54) is 0 Å². The molecule has 0 aliphatic carbocycles. The zero-order valence-electron chi connectivity index (χ0n) is 22.4. The molecule has 9 heteroatoms. The number of thioether (sulfide) groups is 1. The first-order valence-corrected chi connectivity index (χ1v) is 15.2. The number of fused-ring (bicyclic) bond motifs is 1. The molecule has 3 amide bonds. The van der Waals surface area contributed by atoms with Gasteiger partial charge in [0.2, 0.25) is 17.7 Å². The number of halogens is 1. The van der Waals surface area contributed by atoms with E-state index in [-0.39, 0.29) is 29.6 Å². The molecule has 3 aliphatic rings. The number of carbonyl (C=O) groups excluding carboxylic acids is 3. The molecule has 0 radical (unpaired) electrons. The van der Waals surface area contributed by atoms with E-state index in [2.05, 4.69) is 10.6 Å². The molecular weight excluding hydrogens is 558 g/mol. The fraction of sp³-hybridized carbons (Fsp3) is 0.344. The summed E-state index contributed by atoms with van der Waals surface area (Å²) in [6, 6.07) is 24.8. The van der Waals surface area contributed by atoms with Gasteiger partial charge in [-0.1, -0.05) is 84.4 Å². The highest BCUT2D eigenvalue weighted by atomic mass is 35.5. The minimum absolute atomic E-state index is 0.0563. The lowest BCUT2D eigenvalue weighted by Gasteiger charge is -2.37. The number of hydrogen-bond donors (Lipinski definition) is 3. The Morgan fingerprint density at radius 3 is 2.32 bits per heavy atom. The Morgan fingerprint density at radius 2 is 1.63 bits per heavy atom. The number of amides is 3. The van der Waals surface area contributed by atoms with Crippen LogP contribution in [0.4, 0.5) is 5.69 Å². The number of hydrogen-bond acceptors (Lipinski definition) is 5. The van der Waals surface area contributed by atoms with E-state index in [1.807, 2.05) is 60.7 Å². The van der Waals surface area contributed by atoms with E-state index in [4.69, 9.17) is 11.6 Å². The predicted molar refractivity (Wildman–Crippen MR) is 160 cm³/mol. The van der Waals surface area contributed by atoms with Crippen molar-refractivity contribution >= 4 is 46.8 Å². The molecule has 0 saturated carbocycles. The summed E-state index contributed by atoms with van der Waals surface area (Å²) in [6.07, 6.45) is 1.77. The maximum absolute atomic E-state index is 14.4. The van der Waals surface area contributed by atoms with Gasteiger partial charge < -0.3 is 20.6 Å². The zero-order chi connectivity index (χ0) is 28.6. The normalized spacial score (nSPS) is 27.0. The minimum Gasteiger partial charge on any atom is -0.394 e. The van der Waals surface area contributed by atoms with E-state index >= 15 is 0 Å². The second kappa shape index (κ2) is 11.5. The van der Waals surface area contributed by atoms with Gasteiger partial charge in [0.15, 0.2) is 0 Å². The summed E-state index contributed by atoms with van der Waals surface area (Å²) in [5.74, 6) is -1.97. The molecule has 3 aromatic carbocycles. The number of anilines is 1. The lowest BCUT2D eigenvalue weighted by molar-refractivity contribution is -0.142. The quantitative estimate of drug-likeness (QED) is 0.346. The fourth-order valence-electron chi connectivity index (χ4n) is 6.89. The van der Waals surface area contributed by atoms with Crippen LogP contribution in [0.25, 0.3) is 0 Å². The number of nitrogens with zero attached hydrogens (tertiary/aromatic N) is 1. The van der Waals surface area contributed by atoms with Gasteiger partial charge in [-0.25, -0.2) is 0 Å². The van der Waals surface area contributed by atoms with Gasteiger partial charge in [-0.05, 0) is 42.5 Å². The van der Waals surface area contributed by atoms with E-state index in [0.29, 0.717) is 30.1 Å². The SMILES string of the molecule is O=C(Nc1ccccc1Cl)C1N([C@@H](CO)Cc2ccccc2)C(=O)[C@@H]2[C@@H](C(=O)NCc3ccccc3)[C@H]3CCC12S3. The average molecular weight is 590 g/mol. The zero-order valence-corrected chi connectivity index (χ0v) is 24.0. The molecule has 3 heterocycles. The minimum atomic E-state index is -0.862. The number of benzene rings is 3. The van der Waals surface area contributed by atoms with Gasteiger partial charge >= 0.3 is 0 Å². The monoisotopic (exact) mass is 589 g/mol. The first-order valence-electron chi connectivity index (χ1n) is 13.9. The topological polar surface area (TPSA) is 98.7 Å². The number of nitrogens with one attached hydrogen (secondary N) is 2. The first kappa shape index (κ1) is 27.8. The van der Waals surface area contributed by atoms with Crippen molar-refractivity contribution in [1.82, 2.24) is 10.2 Å². The van der Waals surface area contributed by atoms with Gasteiger partial charge in [0.1, 0.15) is 6.04 Å². The Kier molecular flexibility index (Phi) is 7.81. The number of aliphatic hydroxyl groups is 1. The van der Waals surface area contributed by atoms with Crippen LogP contribution >= 0.6 is 23.4 Å². The van der Waals surface area contributed by atoms with Crippen molar-refractivity contribution in [3.8, 4) is 0 Å². The molecule has 6 atom stereocenters. The Bertz CT molecular complexity index is 1440. The van der Waals surface area contributed by atoms with Gasteiger partial charge in [-0.15, -0.1) is 11.8 Å². The molecule has 41 heavy (non-hydrogen) atoms. The maximum atomic E-state index is 14.4. The van der Waals surface area contributed by atoms with Gasteiger partial charge in [0.25, 0.3) is 0 Å². The van der Waals surface area contributed by atoms with Crippen molar-refractivity contribution in [3.63, 3.8) is 0 Å². The molecule has 3 fully saturated rings. The summed E-state index contributed by atoms with van der Waals surface area (Å²) in [6.45, 7) is 0.0626. The summed E-state index contributed by atoms with van der Waals surface area (Å²) in [7, 11) is 0. The summed E-state index contributed by atoms with van der Waals surface area (Å²) in [4.78, 5) is 43.8. The van der Waals surface area contributed by atoms with Crippen LogP contribution in [-0.2, 0) is 27.3 Å². The van der Waals surface area contributed by atoms with Crippen molar-refractivity contribution in [3.05, 3.63) is 101 Å². The Hall–Kier alpha value is -3.33. The second-order valence-corrected chi connectivity index (χ2v) is 13.0. The van der Waals surface area contributed by atoms with Gasteiger partial charge in [0.05, 0.1) is 39.9 Å². The maximum Gasteiger partial charge on any atom is 0.248 e. The Morgan fingerprint density at radius 1 is 0.976 bits per heavy atom. The first-order chi connectivity index (χ1) is 19.9. The van der Waals surface area contributed by atoms with Crippen LogP contribution in [0.5, 0.6) is 0 Å². The van der Waals surface area contributed by atoms with Crippen LogP contribution in [0.2, 0.25) is 5.02 Å². The number of para-hydroxylation sites is 1. The molecule has 6 rings (SSSR count). The Balaban J connectivity index is 1.34. The predicted octanol–water partition coefficient (Wildman–Crippen LogP) is 4.29. The molecule has 2 unspecified atom stereocenters. The lowest BCUT2D eigenvalue weighted by atomic mass is 9.70. The number of carbonyl (C=O) groups is 3. The summed E-state index contributed by atoms with van der Waals surface area (Å²) in [5, 5.41) is 16.9. The summed E-state index contributed by atoms with van der Waals surface area (Å²) < 4.78 is -0.772. The molecule has 7 nitrogen and oxygen atoms in total. The average Bonchev–Trinajstić information content (AvgIpc) is 3.64. The van der Waals surface area contributed by atoms with Crippen LogP contribution in [0, 0.1) is 11.8 Å². The van der Waals surface area contributed by atoms with Crippen molar-refractivity contribution in [2.45, 2.75) is 47.9 Å². The Labute approximate surface area is 248 Å². The summed E-state index contributed by atoms with van der Waals surface area (Å²) in [5.41, 5.74) is 2.39. The molecule has 0 aromatic heterocycles. The number of likely N-dealkylation sites (tertiary alicyclic amines) is 1. The molecule has 212 valence electrons. The molecular formula is C32H32ClN3O4S. The van der Waals surface area contributed by atoms with E-state index < -0.39 is 28.7 Å². The van der Waals surface area contributed by atoms with Gasteiger partial charge in [-0.2, -0.15) is 0 Å². The molecule has 1 spiro atoms. The third kappa shape index (κ3) is 5.02. The van der Waals surface area contributed by atoms with E-state index in [1.54, 1.807) is 40.9 Å². The highest BCUT2D eigenvalue weighted by Gasteiger charge is 2.74. The van der Waals surface area contributed by atoms with Gasteiger partial charge in [0, 0.05) is 11.8 Å². The van der Waals surface area contributed by atoms with Gasteiger partial charge in [-0.3, -0.25) is 14.4 Å². The van der Waals surface area contributed by atoms with Crippen molar-refractivity contribution in [2.24, 2.45) is 11.8 Å². The van der Waals surface area contributed by atoms with Crippen LogP contribution in [0.1, 0.15) is 24.0 Å². The van der Waals surface area contributed by atoms with E-state index in [9.17, 15) is 19.5 Å². The van der Waals surface area contributed by atoms with Crippen LogP contribution in [-0.4, -0.2) is 56.4 Å². The van der Waals surface area contributed by atoms with Crippen LogP contribution in [0.15, 0.2) is 84.9 Å². The largest absolute Gasteiger partial charge is 0.394 e. The molecule has 3 saturated heterocycles. The second-order valence-electron chi connectivity index (χ2n) is 11.0. The third-order valence-corrected chi connectivity index (χ3v) is 10.9. The van der Waals surface area contributed by atoms with Crippen molar-refractivity contribution in [1.29, 1.82) is 0 Å². The fourth-order valence-corrected chi connectivity index (χ4v) is 9.28. The highest BCUT2D eigenvalue weighted by Crippen LogP contribution is 2.66. The molecule has 3 aliphatic heterocycles. The lowest BCUT2D eigenvalue weighted by Crippen LogP contribution is -2.55. The number of rotatable bonds is 9. The molecule has 3 N–H and O–H groups in total. The highest BCUT2D eigenvalue weighted by molar-refractivity contribution is 8.02. The van der Waals surface area contributed by atoms with Crippen LogP contribution in [0.3, 0.4) is 0 Å².